The molecule has 2 aliphatic rings. The average Bonchev–Trinajstić information content (AvgIpc) is 3.96. The Morgan fingerprint density at radius 2 is 1.77 bits per heavy atom. The number of aromatic carboxylic acids is 1. The van der Waals surface area contributed by atoms with Crippen LogP contribution in [0.25, 0.3) is 11.3 Å². The van der Waals surface area contributed by atoms with Crippen LogP contribution < -0.4 is 19.7 Å². The average molecular weight is 730 g/mol. The van der Waals surface area contributed by atoms with E-state index in [1.54, 1.807) is 0 Å². The van der Waals surface area contributed by atoms with Gasteiger partial charge in [-0.15, -0.1) is 0 Å². The number of nitrogens with zero attached hydrogens (tertiary/aromatic N) is 5. The molecule has 3 heterocycles. The van der Waals surface area contributed by atoms with Crippen molar-refractivity contribution in [2.75, 3.05) is 42.5 Å². The topological polar surface area (TPSA) is 169 Å². The van der Waals surface area contributed by atoms with Crippen molar-refractivity contribution in [1.82, 2.24) is 25.3 Å². The molecule has 2 aromatic heterocycles. The number of ether oxygens (including phenoxy) is 2. The lowest BCUT2D eigenvalue weighted by molar-refractivity contribution is 0.0696. The van der Waals surface area contributed by atoms with E-state index < -0.39 is 16.0 Å². The van der Waals surface area contributed by atoms with Gasteiger partial charge in [0.25, 0.3) is 10.0 Å². The van der Waals surface area contributed by atoms with E-state index in [-0.39, 0.29) is 40.4 Å². The van der Waals surface area contributed by atoms with Crippen LogP contribution in [0, 0.1) is 19.3 Å². The van der Waals surface area contributed by atoms with Gasteiger partial charge >= 0.3 is 5.97 Å². The number of hydrogen-bond donors (Lipinski definition) is 3. The van der Waals surface area contributed by atoms with E-state index >= 15 is 0 Å². The molecule has 1 atom stereocenters. The Morgan fingerprint density at radius 1 is 1.06 bits per heavy atom. The molecule has 1 aliphatic carbocycles. The lowest BCUT2D eigenvalue weighted by Gasteiger charge is -2.28. The molecule has 0 radical (unpaired) electrons. The second-order valence-corrected chi connectivity index (χ2v) is 16.4. The molecule has 0 spiro atoms. The van der Waals surface area contributed by atoms with Crippen LogP contribution >= 0.6 is 0 Å². The van der Waals surface area contributed by atoms with Crippen LogP contribution in [0.5, 0.6) is 5.88 Å². The Hall–Kier alpha value is -4.66. The molecular formula is C38H47N7O6S. The molecule has 0 unspecified atom stereocenters. The first-order chi connectivity index (χ1) is 24.8. The number of benzene rings is 2. The van der Waals surface area contributed by atoms with Gasteiger partial charge in [-0.25, -0.2) is 32.9 Å². The van der Waals surface area contributed by atoms with E-state index in [1.807, 2.05) is 38.4 Å². The molecule has 6 rings (SSSR count). The Balaban J connectivity index is 1.28. The molecule has 3 N–H and O–H groups in total. The summed E-state index contributed by atoms with van der Waals surface area (Å²) < 4.78 is 41.6. The molecule has 13 nitrogen and oxygen atoms in total. The number of aromatic nitrogens is 4. The Bertz CT molecular complexity index is 2010. The third kappa shape index (κ3) is 9.22. The Kier molecular flexibility index (Phi) is 11.1. The minimum absolute atomic E-state index is 0.0421. The highest BCUT2D eigenvalue weighted by Gasteiger charge is 2.30. The monoisotopic (exact) mass is 729 g/mol. The predicted octanol–water partition coefficient (Wildman–Crippen LogP) is 5.74. The third-order valence-electron chi connectivity index (χ3n) is 9.17. The molecule has 4 aromatic rings. The van der Waals surface area contributed by atoms with Crippen molar-refractivity contribution in [3.05, 3.63) is 82.9 Å². The van der Waals surface area contributed by atoms with Crippen molar-refractivity contribution in [2.24, 2.45) is 5.41 Å². The normalized spacial score (nSPS) is 15.7. The van der Waals surface area contributed by atoms with Gasteiger partial charge in [-0.1, -0.05) is 45.0 Å². The summed E-state index contributed by atoms with van der Waals surface area (Å²) in [6, 6.07) is 11.2. The molecule has 0 bridgehead atoms. The molecule has 1 saturated carbocycles. The number of carboxylic acids is 1. The van der Waals surface area contributed by atoms with Crippen LogP contribution in [0.2, 0.25) is 0 Å². The number of carboxylic acid groups (broad SMARTS) is 1. The van der Waals surface area contributed by atoms with E-state index in [2.05, 4.69) is 56.7 Å². The maximum atomic E-state index is 13.6. The van der Waals surface area contributed by atoms with Crippen molar-refractivity contribution in [3.63, 3.8) is 0 Å². The number of anilines is 2. The van der Waals surface area contributed by atoms with E-state index in [0.717, 1.165) is 60.8 Å². The minimum atomic E-state index is -4.26. The summed E-state index contributed by atoms with van der Waals surface area (Å²) >= 11 is 0. The van der Waals surface area contributed by atoms with Crippen LogP contribution in [0.15, 0.2) is 59.8 Å². The second kappa shape index (κ2) is 15.5. The third-order valence-corrected chi connectivity index (χ3v) is 10.5. The molecule has 2 fully saturated rings. The first kappa shape index (κ1) is 37.1. The lowest BCUT2D eigenvalue weighted by Crippen LogP contribution is -2.38. The maximum absolute atomic E-state index is 13.6. The van der Waals surface area contributed by atoms with Crippen molar-refractivity contribution in [2.45, 2.75) is 77.3 Å². The fourth-order valence-electron chi connectivity index (χ4n) is 6.42. The van der Waals surface area contributed by atoms with Gasteiger partial charge in [-0.2, -0.15) is 4.98 Å². The summed E-state index contributed by atoms with van der Waals surface area (Å²) in [5, 5.41) is 13.0. The van der Waals surface area contributed by atoms with Crippen LogP contribution in [-0.4, -0.2) is 78.4 Å². The van der Waals surface area contributed by atoms with Crippen molar-refractivity contribution in [3.8, 4) is 17.1 Å². The number of rotatable bonds is 14. The fraction of sp³-hybridized carbons (Fsp3) is 0.447. The summed E-state index contributed by atoms with van der Waals surface area (Å²) in [7, 11) is -4.26. The molecule has 276 valence electrons. The summed E-state index contributed by atoms with van der Waals surface area (Å²) in [6.07, 6.45) is 6.60. The van der Waals surface area contributed by atoms with E-state index in [4.69, 9.17) is 14.5 Å². The maximum Gasteiger partial charge on any atom is 0.335 e. The molecule has 0 amide bonds. The van der Waals surface area contributed by atoms with Crippen LogP contribution in [-0.2, 0) is 21.3 Å². The zero-order valence-corrected chi connectivity index (χ0v) is 31.2. The van der Waals surface area contributed by atoms with Gasteiger partial charge < -0.3 is 24.8 Å². The number of carbonyl (C=O) groups is 1. The first-order valence-corrected chi connectivity index (χ1v) is 19.1. The number of nitrogens with one attached hydrogen (secondary N) is 2. The molecular weight excluding hydrogens is 683 g/mol. The summed E-state index contributed by atoms with van der Waals surface area (Å²) in [5.41, 5.74) is 5.14. The molecule has 1 aliphatic heterocycles. The van der Waals surface area contributed by atoms with E-state index in [0.29, 0.717) is 42.8 Å². The standard InChI is InChI=1S/C38H47N7O6S/c1-24-8-6-11-31(26-12-13-26)33(24)34-25(2)35(43-37(42-34)44-52(48,49)30-10-7-9-27(18-30)36(46)47)51-23-28(19-38(3,4)5)39-22-32-40-20-29(21-41-32)45-14-16-50-17-15-45/h6-11,18,20-21,26,28,39H,12-17,19,22-23H2,1-5H3,(H,46,47)(H,42,43,44)/t28-/m1/s1. The van der Waals surface area contributed by atoms with E-state index in [1.165, 1.54) is 18.2 Å². The second-order valence-electron chi connectivity index (χ2n) is 14.7. The smallest absolute Gasteiger partial charge is 0.335 e. The van der Waals surface area contributed by atoms with Gasteiger partial charge in [0.15, 0.2) is 0 Å². The first-order valence-electron chi connectivity index (χ1n) is 17.6. The van der Waals surface area contributed by atoms with Gasteiger partial charge in [0, 0.05) is 30.3 Å². The zero-order chi connectivity index (χ0) is 37.0. The quantitative estimate of drug-likeness (QED) is 0.144. The highest BCUT2D eigenvalue weighted by atomic mass is 32.2. The molecule has 52 heavy (non-hydrogen) atoms. The Morgan fingerprint density at radius 3 is 2.44 bits per heavy atom. The highest BCUT2D eigenvalue weighted by molar-refractivity contribution is 7.92. The fourth-order valence-corrected chi connectivity index (χ4v) is 7.41. The molecule has 14 heteroatoms. The van der Waals surface area contributed by atoms with Crippen molar-refractivity contribution < 1.29 is 27.8 Å². The Labute approximate surface area is 305 Å². The minimum Gasteiger partial charge on any atom is -0.478 e. The van der Waals surface area contributed by atoms with Gasteiger partial charge in [-0.3, -0.25) is 0 Å². The zero-order valence-electron chi connectivity index (χ0n) is 30.3. The van der Waals surface area contributed by atoms with Gasteiger partial charge in [0.1, 0.15) is 12.4 Å². The summed E-state index contributed by atoms with van der Waals surface area (Å²) in [4.78, 5) is 32.1. The van der Waals surface area contributed by atoms with Crippen LogP contribution in [0.1, 0.15) is 78.8 Å². The van der Waals surface area contributed by atoms with Gasteiger partial charge in [0.2, 0.25) is 11.8 Å². The SMILES string of the molecule is Cc1cccc(C2CC2)c1-c1nc(NS(=O)(=O)c2cccc(C(=O)O)c2)nc(OC[C@@H](CC(C)(C)C)NCc2ncc(N3CCOCC3)cn2)c1C. The number of sulfonamides is 1. The molecule has 1 saturated heterocycles. The number of aryl methyl sites for hydroxylation is 1. The largest absolute Gasteiger partial charge is 0.478 e. The van der Waals surface area contributed by atoms with Gasteiger partial charge in [-0.05, 0) is 73.8 Å². The lowest BCUT2D eigenvalue weighted by atomic mass is 9.88. The van der Waals surface area contributed by atoms with Crippen LogP contribution in [0.4, 0.5) is 11.6 Å². The van der Waals surface area contributed by atoms with Crippen molar-refractivity contribution in [1.29, 1.82) is 0 Å². The number of hydrogen-bond acceptors (Lipinski definition) is 11. The van der Waals surface area contributed by atoms with Crippen LogP contribution in [0.3, 0.4) is 0 Å². The van der Waals surface area contributed by atoms with E-state index in [9.17, 15) is 18.3 Å². The summed E-state index contributed by atoms with van der Waals surface area (Å²) in [6.45, 7) is 14.0. The molecule has 2 aromatic carbocycles. The van der Waals surface area contributed by atoms with Crippen molar-refractivity contribution >= 4 is 27.6 Å². The highest BCUT2D eigenvalue weighted by Crippen LogP contribution is 2.46. The predicted molar refractivity (Wildman–Crippen MR) is 198 cm³/mol. The van der Waals surface area contributed by atoms with Gasteiger partial charge in [0.05, 0.1) is 54.0 Å². The number of morpholine rings is 1. The summed E-state index contributed by atoms with van der Waals surface area (Å²) in [5.74, 6) is -0.0942.